The zero-order valence-electron chi connectivity index (χ0n) is 17.6. The van der Waals surface area contributed by atoms with Crippen LogP contribution in [0.5, 0.6) is 0 Å². The molecule has 0 spiro atoms. The number of nitrogens with two attached hydrogens (primary N) is 1. The summed E-state index contributed by atoms with van der Waals surface area (Å²) in [6, 6.07) is 3.75. The molecule has 2 fully saturated rings. The van der Waals surface area contributed by atoms with Gasteiger partial charge in [0.1, 0.15) is 17.7 Å². The second-order valence-corrected chi connectivity index (χ2v) is 8.49. The molecule has 3 aromatic heterocycles. The Morgan fingerprint density at radius 2 is 2.10 bits per heavy atom. The number of rotatable bonds is 3. The van der Waals surface area contributed by atoms with Gasteiger partial charge in [-0.25, -0.2) is 15.0 Å². The normalized spacial score (nSPS) is 24.4. The first kappa shape index (κ1) is 19.7. The third-order valence-electron chi connectivity index (χ3n) is 6.41. The molecule has 10 nitrogen and oxygen atoms in total. The number of nitrogen functional groups attached to an aromatic ring is 1. The van der Waals surface area contributed by atoms with Crippen molar-refractivity contribution in [2.75, 3.05) is 37.3 Å². The smallest absolute Gasteiger partial charge is 0.262 e. The topological polar surface area (TPSA) is 134 Å². The number of aliphatic hydroxyl groups is 1. The van der Waals surface area contributed by atoms with Crippen LogP contribution in [0.3, 0.4) is 0 Å². The summed E-state index contributed by atoms with van der Waals surface area (Å²) in [5.41, 5.74) is 7.51. The van der Waals surface area contributed by atoms with E-state index >= 15 is 0 Å². The number of aromatic nitrogens is 4. The number of carbonyl (C=O) groups excluding carboxylic acids is 1. The van der Waals surface area contributed by atoms with Gasteiger partial charge in [-0.15, -0.1) is 0 Å². The van der Waals surface area contributed by atoms with Crippen molar-refractivity contribution in [1.82, 2.24) is 25.0 Å². The van der Waals surface area contributed by atoms with E-state index in [-0.39, 0.29) is 17.6 Å². The molecular formula is C21H25N7O3. The van der Waals surface area contributed by atoms with Gasteiger partial charge >= 0.3 is 0 Å². The molecular weight excluding hydrogens is 398 g/mol. The number of likely N-dealkylation sites (N-methyl/N-ethyl adjacent to an activating group) is 1. The van der Waals surface area contributed by atoms with E-state index in [1.54, 1.807) is 13.1 Å². The van der Waals surface area contributed by atoms with Gasteiger partial charge in [0, 0.05) is 45.1 Å². The van der Waals surface area contributed by atoms with E-state index in [1.165, 1.54) is 11.2 Å². The van der Waals surface area contributed by atoms with Crippen LogP contribution in [0.1, 0.15) is 42.2 Å². The minimum atomic E-state index is -1.62. The van der Waals surface area contributed by atoms with Crippen molar-refractivity contribution in [2.45, 2.75) is 37.7 Å². The van der Waals surface area contributed by atoms with Crippen molar-refractivity contribution in [1.29, 1.82) is 0 Å². The van der Waals surface area contributed by atoms with Crippen molar-refractivity contribution < 1.29 is 14.4 Å². The Balaban J connectivity index is 1.41. The highest BCUT2D eigenvalue weighted by atomic mass is 16.5. The van der Waals surface area contributed by atoms with E-state index in [2.05, 4.69) is 20.0 Å². The van der Waals surface area contributed by atoms with Crippen molar-refractivity contribution in [3.05, 3.63) is 35.5 Å². The van der Waals surface area contributed by atoms with Crippen LogP contribution in [-0.2, 0) is 10.4 Å². The third kappa shape index (κ3) is 3.18. The first-order valence-electron chi connectivity index (χ1n) is 10.4. The molecule has 0 aromatic carbocycles. The first-order valence-corrected chi connectivity index (χ1v) is 10.4. The predicted octanol–water partition coefficient (Wildman–Crippen LogP) is 1.34. The molecule has 3 N–H and O–H groups in total. The number of piperidine rings is 1. The van der Waals surface area contributed by atoms with E-state index in [4.69, 9.17) is 15.2 Å². The molecule has 0 radical (unpaired) electrons. The Morgan fingerprint density at radius 1 is 1.26 bits per heavy atom. The van der Waals surface area contributed by atoms with Crippen molar-refractivity contribution in [3.8, 4) is 0 Å². The highest BCUT2D eigenvalue weighted by Crippen LogP contribution is 2.36. The molecule has 0 unspecified atom stereocenters. The maximum Gasteiger partial charge on any atom is 0.262 e. The van der Waals surface area contributed by atoms with Crippen LogP contribution in [0.2, 0.25) is 0 Å². The largest absolute Gasteiger partial charge is 0.382 e. The number of anilines is 2. The molecule has 2 aliphatic rings. The number of aryl methyl sites for hydroxylation is 1. The minimum Gasteiger partial charge on any atom is -0.382 e. The zero-order valence-corrected chi connectivity index (χ0v) is 17.6. The number of pyridine rings is 1. The zero-order chi connectivity index (χ0) is 21.8. The van der Waals surface area contributed by atoms with Crippen molar-refractivity contribution in [2.24, 2.45) is 0 Å². The first-order chi connectivity index (χ1) is 14.9. The second kappa shape index (κ2) is 7.16. The fourth-order valence-corrected chi connectivity index (χ4v) is 4.55. The summed E-state index contributed by atoms with van der Waals surface area (Å²) in [7, 11) is 1.67. The number of carbonyl (C=O) groups is 1. The fourth-order valence-electron chi connectivity index (χ4n) is 4.55. The van der Waals surface area contributed by atoms with Gasteiger partial charge in [-0.1, -0.05) is 5.16 Å². The molecule has 2 saturated heterocycles. The average Bonchev–Trinajstić information content (AvgIpc) is 3.37. The number of amides is 1. The van der Waals surface area contributed by atoms with E-state index < -0.39 is 5.60 Å². The molecule has 5 rings (SSSR count). The van der Waals surface area contributed by atoms with E-state index in [0.717, 1.165) is 42.0 Å². The summed E-state index contributed by atoms with van der Waals surface area (Å²) in [6.45, 7) is 4.04. The van der Waals surface area contributed by atoms with Gasteiger partial charge < -0.3 is 25.2 Å². The predicted molar refractivity (Wildman–Crippen MR) is 113 cm³/mol. The van der Waals surface area contributed by atoms with Gasteiger partial charge in [-0.3, -0.25) is 4.79 Å². The fraction of sp³-hybridized carbons (Fsp3) is 0.476. The maximum atomic E-state index is 12.4. The molecule has 3 aromatic rings. The summed E-state index contributed by atoms with van der Waals surface area (Å²) < 4.78 is 5.44. The van der Waals surface area contributed by atoms with E-state index in [0.29, 0.717) is 30.8 Å². The van der Waals surface area contributed by atoms with E-state index in [1.807, 2.05) is 13.0 Å². The Morgan fingerprint density at radius 3 is 2.87 bits per heavy atom. The molecule has 0 aliphatic carbocycles. The Bertz CT molecular complexity index is 1160. The number of nitrogens with zero attached hydrogens (tertiary/aromatic N) is 6. The van der Waals surface area contributed by atoms with Gasteiger partial charge in [-0.2, -0.15) is 0 Å². The molecule has 10 heteroatoms. The van der Waals surface area contributed by atoms with Gasteiger partial charge in [0.15, 0.2) is 11.6 Å². The maximum absolute atomic E-state index is 12.4. The number of likely N-dealkylation sites (tertiary alicyclic amines) is 1. The van der Waals surface area contributed by atoms with Gasteiger partial charge in [0.2, 0.25) is 5.60 Å². The lowest BCUT2D eigenvalue weighted by Crippen LogP contribution is -2.36. The van der Waals surface area contributed by atoms with Crippen LogP contribution in [0.4, 0.5) is 11.6 Å². The summed E-state index contributed by atoms with van der Waals surface area (Å²) in [6.07, 6.45) is 3.65. The van der Waals surface area contributed by atoms with Crippen molar-refractivity contribution >= 4 is 28.6 Å². The Kier molecular flexibility index (Phi) is 4.54. The summed E-state index contributed by atoms with van der Waals surface area (Å²) in [5, 5.41) is 15.0. The van der Waals surface area contributed by atoms with E-state index in [9.17, 15) is 9.90 Å². The van der Waals surface area contributed by atoms with Crippen LogP contribution in [0.15, 0.2) is 23.0 Å². The molecule has 2 atom stereocenters. The number of hydrogen-bond donors (Lipinski definition) is 2. The SMILES string of the molecule is Cc1cc(N2CCC[C@@H](c3cc([C@]4(O)CCN(C)C4=O)on3)C2)nc2c(N)ncnc12. The van der Waals surface area contributed by atoms with Gasteiger partial charge in [0.05, 0.1) is 11.2 Å². The van der Waals surface area contributed by atoms with Crippen LogP contribution in [-0.4, -0.2) is 62.7 Å². The van der Waals surface area contributed by atoms with Crippen LogP contribution in [0.25, 0.3) is 11.0 Å². The lowest BCUT2D eigenvalue weighted by Gasteiger charge is -2.33. The third-order valence-corrected chi connectivity index (χ3v) is 6.41. The van der Waals surface area contributed by atoms with Gasteiger partial charge in [0.25, 0.3) is 5.91 Å². The second-order valence-electron chi connectivity index (χ2n) is 8.49. The molecule has 1 amide bonds. The summed E-state index contributed by atoms with van der Waals surface area (Å²) >= 11 is 0. The molecule has 0 saturated carbocycles. The highest BCUT2D eigenvalue weighted by Gasteiger charge is 2.48. The summed E-state index contributed by atoms with van der Waals surface area (Å²) in [5.74, 6) is 1.16. The molecule has 162 valence electrons. The molecule has 31 heavy (non-hydrogen) atoms. The number of fused-ring (bicyclic) bond motifs is 1. The van der Waals surface area contributed by atoms with Crippen molar-refractivity contribution in [3.63, 3.8) is 0 Å². The van der Waals surface area contributed by atoms with Crippen LogP contribution >= 0.6 is 0 Å². The Hall–Kier alpha value is -3.27. The summed E-state index contributed by atoms with van der Waals surface area (Å²) in [4.78, 5) is 29.2. The Labute approximate surface area is 179 Å². The highest BCUT2D eigenvalue weighted by molar-refractivity contribution is 5.88. The molecule has 2 aliphatic heterocycles. The van der Waals surface area contributed by atoms with Gasteiger partial charge in [-0.05, 0) is 31.4 Å². The van der Waals surface area contributed by atoms with Crippen LogP contribution in [0, 0.1) is 6.92 Å². The lowest BCUT2D eigenvalue weighted by atomic mass is 9.92. The van der Waals surface area contributed by atoms with Crippen LogP contribution < -0.4 is 10.6 Å². The lowest BCUT2D eigenvalue weighted by molar-refractivity contribution is -0.144. The monoisotopic (exact) mass is 423 g/mol. The molecule has 5 heterocycles. The minimum absolute atomic E-state index is 0.103. The molecule has 0 bridgehead atoms. The average molecular weight is 423 g/mol. The number of hydrogen-bond acceptors (Lipinski definition) is 9. The quantitative estimate of drug-likeness (QED) is 0.640. The standard InChI is InChI=1S/C21H25N7O3/c1-12-8-16(25-18-17(12)23-11-24-19(18)22)28-6-3-4-13(10-28)14-9-15(31-26-14)21(30)5-7-27(2)20(21)29/h8-9,11,13,30H,3-7,10H2,1-2H3,(H2,22,23,24)/t13-,21-/m1/s1.